The fourth-order valence-corrected chi connectivity index (χ4v) is 2.04. The van der Waals surface area contributed by atoms with Crippen molar-refractivity contribution >= 4 is 30.1 Å². The Morgan fingerprint density at radius 3 is 2.76 bits per heavy atom. The van der Waals surface area contributed by atoms with Crippen molar-refractivity contribution in [2.24, 2.45) is 0 Å². The predicted molar refractivity (Wildman–Crippen MR) is 64.1 cm³/mol. The van der Waals surface area contributed by atoms with Crippen molar-refractivity contribution in [1.29, 1.82) is 0 Å². The van der Waals surface area contributed by atoms with E-state index in [0.717, 1.165) is 12.8 Å². The molecule has 1 aromatic rings. The highest BCUT2D eigenvalue weighted by molar-refractivity contribution is 6.62. The van der Waals surface area contributed by atoms with E-state index in [0.29, 0.717) is 18.9 Å². The van der Waals surface area contributed by atoms with E-state index in [2.05, 4.69) is 9.97 Å². The van der Waals surface area contributed by atoms with Crippen molar-refractivity contribution in [3.63, 3.8) is 0 Å². The minimum atomic E-state index is -1.69. The van der Waals surface area contributed by atoms with Gasteiger partial charge in [0.05, 0.1) is 0 Å². The first-order chi connectivity index (χ1) is 8.09. The molecular weight excluding hydrogens is 244 g/mol. The molecule has 0 radical (unpaired) electrons. The number of anilines is 1. The number of hydrogen-bond donors (Lipinski definition) is 3. The zero-order valence-electron chi connectivity index (χ0n) is 9.12. The van der Waals surface area contributed by atoms with Crippen LogP contribution in [0.5, 0.6) is 0 Å². The van der Waals surface area contributed by atoms with Gasteiger partial charge in [-0.1, -0.05) is 11.6 Å². The van der Waals surface area contributed by atoms with Crippen LogP contribution in [0.15, 0.2) is 6.20 Å². The highest BCUT2D eigenvalue weighted by Crippen LogP contribution is 2.20. The first kappa shape index (κ1) is 12.6. The summed E-state index contributed by atoms with van der Waals surface area (Å²) in [6.45, 7) is 0.665. The molecule has 3 N–H and O–H groups in total. The van der Waals surface area contributed by atoms with Crippen LogP contribution in [0.2, 0.25) is 5.15 Å². The first-order valence-corrected chi connectivity index (χ1v) is 5.80. The molecule has 2 heterocycles. The van der Waals surface area contributed by atoms with Crippen LogP contribution in [0.4, 0.5) is 5.95 Å². The molecular formula is C9H13BClN3O3. The van der Waals surface area contributed by atoms with Gasteiger partial charge >= 0.3 is 7.12 Å². The lowest BCUT2D eigenvalue weighted by Gasteiger charge is -2.32. The third kappa shape index (κ3) is 2.69. The quantitative estimate of drug-likeness (QED) is 0.471. The van der Waals surface area contributed by atoms with Crippen LogP contribution in [0.25, 0.3) is 0 Å². The summed E-state index contributed by atoms with van der Waals surface area (Å²) in [4.78, 5) is 9.61. The largest absolute Gasteiger partial charge is 0.493 e. The second-order valence-electron chi connectivity index (χ2n) is 3.96. The SMILES string of the molecule is OB(O)c1cnc(N2CCCCC2O)nc1Cl. The van der Waals surface area contributed by atoms with Crippen molar-refractivity contribution in [3.05, 3.63) is 11.3 Å². The molecule has 0 aliphatic carbocycles. The second kappa shape index (κ2) is 5.18. The maximum absolute atomic E-state index is 9.80. The number of aliphatic hydroxyl groups excluding tert-OH is 1. The summed E-state index contributed by atoms with van der Waals surface area (Å²) in [7, 11) is -1.69. The molecule has 0 spiro atoms. The van der Waals surface area contributed by atoms with Gasteiger partial charge in [0.2, 0.25) is 5.95 Å². The van der Waals surface area contributed by atoms with E-state index in [-0.39, 0.29) is 10.6 Å². The molecule has 0 saturated carbocycles. The number of hydrogen-bond acceptors (Lipinski definition) is 6. The lowest BCUT2D eigenvalue weighted by atomic mass is 9.83. The van der Waals surface area contributed by atoms with Crippen molar-refractivity contribution in [2.75, 3.05) is 11.4 Å². The lowest BCUT2D eigenvalue weighted by molar-refractivity contribution is 0.138. The number of nitrogens with zero attached hydrogens (tertiary/aromatic N) is 3. The Morgan fingerprint density at radius 2 is 2.18 bits per heavy atom. The van der Waals surface area contributed by atoms with Gasteiger partial charge in [0.15, 0.2) is 0 Å². The average Bonchev–Trinajstić information content (AvgIpc) is 2.29. The van der Waals surface area contributed by atoms with Gasteiger partial charge in [0.1, 0.15) is 11.4 Å². The fourth-order valence-electron chi connectivity index (χ4n) is 1.82. The van der Waals surface area contributed by atoms with Gasteiger partial charge in [-0.2, -0.15) is 0 Å². The van der Waals surface area contributed by atoms with Crippen LogP contribution in [-0.4, -0.2) is 45.0 Å². The zero-order chi connectivity index (χ0) is 12.4. The molecule has 1 unspecified atom stereocenters. The average molecular weight is 257 g/mol. The van der Waals surface area contributed by atoms with Crippen LogP contribution in [-0.2, 0) is 0 Å². The van der Waals surface area contributed by atoms with E-state index in [4.69, 9.17) is 21.6 Å². The van der Waals surface area contributed by atoms with Crippen LogP contribution >= 0.6 is 11.6 Å². The van der Waals surface area contributed by atoms with E-state index in [9.17, 15) is 5.11 Å². The molecule has 0 amide bonds. The van der Waals surface area contributed by atoms with Gasteiger partial charge in [0.25, 0.3) is 0 Å². The normalized spacial score (nSPS) is 20.5. The van der Waals surface area contributed by atoms with E-state index in [1.165, 1.54) is 6.20 Å². The number of piperidine rings is 1. The van der Waals surface area contributed by atoms with Crippen molar-refractivity contribution in [1.82, 2.24) is 9.97 Å². The summed E-state index contributed by atoms with van der Waals surface area (Å²) >= 11 is 5.81. The van der Waals surface area contributed by atoms with Gasteiger partial charge in [-0.15, -0.1) is 0 Å². The zero-order valence-corrected chi connectivity index (χ0v) is 9.88. The van der Waals surface area contributed by atoms with Crippen LogP contribution in [0.1, 0.15) is 19.3 Å². The molecule has 17 heavy (non-hydrogen) atoms. The van der Waals surface area contributed by atoms with E-state index in [1.54, 1.807) is 4.90 Å². The predicted octanol–water partition coefficient (Wildman–Crippen LogP) is -0.882. The van der Waals surface area contributed by atoms with Gasteiger partial charge in [-0.25, -0.2) is 9.97 Å². The number of aromatic nitrogens is 2. The minimum absolute atomic E-state index is 0.0113. The molecule has 0 bridgehead atoms. The smallest absolute Gasteiger partial charge is 0.423 e. The minimum Gasteiger partial charge on any atom is -0.423 e. The molecule has 2 rings (SSSR count). The molecule has 1 aromatic heterocycles. The molecule has 92 valence electrons. The summed E-state index contributed by atoms with van der Waals surface area (Å²) in [5, 5.41) is 27.8. The van der Waals surface area contributed by atoms with Crippen molar-refractivity contribution in [2.45, 2.75) is 25.5 Å². The van der Waals surface area contributed by atoms with Crippen LogP contribution in [0, 0.1) is 0 Å². The number of rotatable bonds is 2. The number of halogens is 1. The highest BCUT2D eigenvalue weighted by atomic mass is 35.5. The monoisotopic (exact) mass is 257 g/mol. The van der Waals surface area contributed by atoms with E-state index < -0.39 is 13.3 Å². The van der Waals surface area contributed by atoms with Gasteiger partial charge in [-0.05, 0) is 19.3 Å². The maximum Gasteiger partial charge on any atom is 0.493 e. The Labute approximate surface area is 104 Å². The Morgan fingerprint density at radius 1 is 1.41 bits per heavy atom. The molecule has 0 aromatic carbocycles. The van der Waals surface area contributed by atoms with Gasteiger partial charge < -0.3 is 20.1 Å². The Kier molecular flexibility index (Phi) is 3.83. The standard InChI is InChI=1S/C9H13BClN3O3/c11-8-6(10(16)17)5-12-9(13-8)14-4-2-1-3-7(14)15/h5,7,15-17H,1-4H2. The van der Waals surface area contributed by atoms with E-state index in [1.807, 2.05) is 0 Å². The molecule has 6 nitrogen and oxygen atoms in total. The third-order valence-electron chi connectivity index (χ3n) is 2.76. The van der Waals surface area contributed by atoms with Crippen molar-refractivity contribution in [3.8, 4) is 0 Å². The lowest BCUT2D eigenvalue weighted by Crippen LogP contribution is -2.41. The molecule has 1 aliphatic heterocycles. The molecule has 1 aliphatic rings. The second-order valence-corrected chi connectivity index (χ2v) is 4.32. The van der Waals surface area contributed by atoms with Crippen LogP contribution < -0.4 is 10.4 Å². The Balaban J connectivity index is 2.24. The third-order valence-corrected chi connectivity index (χ3v) is 3.06. The highest BCUT2D eigenvalue weighted by Gasteiger charge is 2.24. The Hall–Kier alpha value is -0.885. The topological polar surface area (TPSA) is 89.7 Å². The molecule has 1 saturated heterocycles. The molecule has 1 atom stereocenters. The van der Waals surface area contributed by atoms with Gasteiger partial charge in [0, 0.05) is 18.2 Å². The first-order valence-electron chi connectivity index (χ1n) is 5.43. The van der Waals surface area contributed by atoms with Gasteiger partial charge in [-0.3, -0.25) is 0 Å². The maximum atomic E-state index is 9.80. The Bertz CT molecular complexity index is 407. The summed E-state index contributed by atoms with van der Waals surface area (Å²) < 4.78 is 0. The summed E-state index contributed by atoms with van der Waals surface area (Å²) in [5.74, 6) is 0.312. The van der Waals surface area contributed by atoms with Crippen LogP contribution in [0.3, 0.4) is 0 Å². The number of aliphatic hydroxyl groups is 1. The summed E-state index contributed by atoms with van der Waals surface area (Å²) in [6.07, 6.45) is 3.26. The van der Waals surface area contributed by atoms with Crippen molar-refractivity contribution < 1.29 is 15.2 Å². The fraction of sp³-hybridized carbons (Fsp3) is 0.556. The van der Waals surface area contributed by atoms with E-state index >= 15 is 0 Å². The summed E-state index contributed by atoms with van der Waals surface area (Å²) in [6, 6.07) is 0. The molecule has 1 fully saturated rings. The molecule has 8 heteroatoms. The summed E-state index contributed by atoms with van der Waals surface area (Å²) in [5.41, 5.74) is 0.0573.